The van der Waals surface area contributed by atoms with Crippen LogP contribution in [0.15, 0.2) is 73.2 Å². The number of aromatic nitrogens is 3. The van der Waals surface area contributed by atoms with Gasteiger partial charge in [-0.2, -0.15) is 13.2 Å². The summed E-state index contributed by atoms with van der Waals surface area (Å²) in [5.74, 6) is -2.75. The number of nitrogen functional groups attached to an aromatic ring is 1. The molecule has 1 fully saturated rings. The van der Waals surface area contributed by atoms with Crippen LogP contribution < -0.4 is 30.6 Å². The number of benzene rings is 3. The molecule has 3 amide bonds. The number of Topliss-reactive ketones (excluding diaryl/α,β-unsaturated/α-hetero) is 1. The Kier molecular flexibility index (Phi) is 20.0. The second-order valence-corrected chi connectivity index (χ2v) is 18.0. The lowest BCUT2D eigenvalue weighted by Crippen LogP contribution is -2.61. The lowest BCUT2D eigenvalue weighted by Gasteiger charge is -2.38. The summed E-state index contributed by atoms with van der Waals surface area (Å²) in [6.45, 7) is 3.49. The molecular formula is C52H62F3N7O14. The molecule has 76 heavy (non-hydrogen) atoms. The molecule has 2 aromatic heterocycles. The summed E-state index contributed by atoms with van der Waals surface area (Å²) in [6, 6.07) is 14.9. The van der Waals surface area contributed by atoms with E-state index in [-0.39, 0.29) is 100 Å². The van der Waals surface area contributed by atoms with Crippen molar-refractivity contribution in [2.45, 2.75) is 82.5 Å². The third-order valence-corrected chi connectivity index (χ3v) is 12.4. The van der Waals surface area contributed by atoms with Gasteiger partial charge in [-0.25, -0.2) is 9.36 Å². The number of fused-ring (bicyclic) bond motifs is 2. The summed E-state index contributed by atoms with van der Waals surface area (Å²) < 4.78 is 71.1. The number of carbonyl (C=O) groups excluding carboxylic acids is 4. The van der Waals surface area contributed by atoms with Gasteiger partial charge in [-0.3, -0.25) is 23.7 Å². The number of nitrogens with one attached hydrogen (secondary N) is 2. The van der Waals surface area contributed by atoms with E-state index in [1.807, 2.05) is 34.5 Å². The molecule has 2 aliphatic rings. The van der Waals surface area contributed by atoms with Gasteiger partial charge < -0.3 is 72.8 Å². The van der Waals surface area contributed by atoms with E-state index in [0.717, 1.165) is 28.8 Å². The molecule has 2 aliphatic heterocycles. The molecule has 0 spiro atoms. The molecule has 1 saturated heterocycles. The highest BCUT2D eigenvalue weighted by atomic mass is 19.4. The number of hydrogen-bond donors (Lipinski definition) is 7. The number of amides is 3. The molecule has 5 aromatic rings. The first-order valence-electron chi connectivity index (χ1n) is 24.0. The van der Waals surface area contributed by atoms with Crippen LogP contribution in [0.25, 0.3) is 22.2 Å². The van der Waals surface area contributed by atoms with Crippen molar-refractivity contribution in [3.8, 4) is 16.9 Å². The van der Waals surface area contributed by atoms with Crippen molar-refractivity contribution in [2.75, 3.05) is 68.7 Å². The van der Waals surface area contributed by atoms with Crippen LogP contribution in [0.3, 0.4) is 0 Å². The quantitative estimate of drug-likeness (QED) is 0.0266. The number of aliphatic hydroxyl groups is 3. The van der Waals surface area contributed by atoms with Crippen LogP contribution in [0.5, 0.6) is 5.75 Å². The van der Waals surface area contributed by atoms with Crippen molar-refractivity contribution < 1.29 is 85.8 Å². The van der Waals surface area contributed by atoms with E-state index in [0.29, 0.717) is 61.5 Å². The van der Waals surface area contributed by atoms with Gasteiger partial charge in [-0.1, -0.05) is 35.3 Å². The molecule has 0 bridgehead atoms. The van der Waals surface area contributed by atoms with Gasteiger partial charge in [-0.15, -0.1) is 0 Å². The van der Waals surface area contributed by atoms with Gasteiger partial charge >= 0.3 is 12.1 Å². The Morgan fingerprint density at radius 2 is 1.58 bits per heavy atom. The van der Waals surface area contributed by atoms with Crippen LogP contribution >= 0.6 is 0 Å². The number of nitrogens with two attached hydrogens (primary N) is 1. The molecule has 0 aliphatic carbocycles. The average molecular weight is 1070 g/mol. The molecule has 0 unspecified atom stereocenters. The molecule has 5 atom stereocenters. The summed E-state index contributed by atoms with van der Waals surface area (Å²) >= 11 is 0. The Hall–Kier alpha value is -7.06. The molecule has 8 N–H and O–H groups in total. The predicted octanol–water partition coefficient (Wildman–Crippen LogP) is 2.89. The summed E-state index contributed by atoms with van der Waals surface area (Å²) in [7, 11) is 1.82. The standard InChI is InChI=1S/C51H58F3N7O14.CH3/c1-29(62)12-16-71-18-20-73-21-19-72-17-13-39(63)56-14-10-40(64)58-36-23-31(6-9-38(36)74-50-45(68)43(66)44(67)46(75-50)49(69)70)26-60-28-57-47(55)42-35(27-59(2)48(42)60)32-7-8-37-33(25-32)11-15-61(37)41(65)24-30-4-3-5-34(22-30)51(52,53)54;/h3-9,22-23,25,27-28,43-46,50,55,66-68H,10-21,24,26H2,1-2H3,(H3,56,58,63,64,69,70);1H3/q;-1/p+1/t43-,44-,45+,46-,50+;/m0./s1. The maximum atomic E-state index is 13.4. The van der Waals surface area contributed by atoms with Crippen LogP contribution in [0, 0.1) is 7.43 Å². The minimum absolute atomic E-state index is 0. The van der Waals surface area contributed by atoms with E-state index in [4.69, 9.17) is 29.4 Å². The van der Waals surface area contributed by atoms with Gasteiger partial charge in [0.2, 0.25) is 41.8 Å². The number of aryl methyl sites for hydroxylation is 1. The molecule has 410 valence electrons. The van der Waals surface area contributed by atoms with Crippen molar-refractivity contribution in [3.63, 3.8) is 0 Å². The number of ketones is 1. The number of halogens is 3. The third-order valence-electron chi connectivity index (χ3n) is 12.4. The predicted molar refractivity (Wildman–Crippen MR) is 267 cm³/mol. The number of carboxylic acids is 1. The van der Waals surface area contributed by atoms with Crippen molar-refractivity contribution >= 4 is 57.7 Å². The summed E-state index contributed by atoms with van der Waals surface area (Å²) in [5.41, 5.74) is 10.2. The molecule has 0 saturated carbocycles. The molecule has 24 heteroatoms. The number of aliphatic carboxylic acids is 1. The first kappa shape index (κ1) is 58.2. The Balaban J connectivity index is 0.00000937. The van der Waals surface area contributed by atoms with Crippen LogP contribution in [0.4, 0.5) is 30.4 Å². The van der Waals surface area contributed by atoms with Crippen molar-refractivity contribution in [3.05, 3.63) is 103 Å². The monoisotopic (exact) mass is 1070 g/mol. The van der Waals surface area contributed by atoms with E-state index >= 15 is 0 Å². The van der Waals surface area contributed by atoms with Crippen molar-refractivity contribution in [1.29, 1.82) is 0 Å². The number of ether oxygens (including phenoxy) is 5. The molecule has 21 nitrogen and oxygen atoms in total. The first-order valence-corrected chi connectivity index (χ1v) is 24.0. The second kappa shape index (κ2) is 26.1. The highest BCUT2D eigenvalue weighted by Gasteiger charge is 2.48. The molecule has 4 heterocycles. The first-order chi connectivity index (χ1) is 35.8. The lowest BCUT2D eigenvalue weighted by atomic mass is 9.99. The van der Waals surface area contributed by atoms with Gasteiger partial charge in [0, 0.05) is 43.6 Å². The van der Waals surface area contributed by atoms with E-state index in [1.165, 1.54) is 31.5 Å². The normalized spacial score (nSPS) is 18.2. The summed E-state index contributed by atoms with van der Waals surface area (Å²) in [5, 5.41) is 47.0. The highest BCUT2D eigenvalue weighted by molar-refractivity contribution is 6.01. The Morgan fingerprint density at radius 3 is 2.28 bits per heavy atom. The summed E-state index contributed by atoms with van der Waals surface area (Å²) in [4.78, 5) is 68.2. The minimum Gasteiger partial charge on any atom is -0.479 e. The minimum atomic E-state index is -4.54. The smallest absolute Gasteiger partial charge is 0.416 e. The summed E-state index contributed by atoms with van der Waals surface area (Å²) in [6.07, 6.45) is -10.3. The Morgan fingerprint density at radius 1 is 0.868 bits per heavy atom. The lowest BCUT2D eigenvalue weighted by molar-refractivity contribution is -0.667. The zero-order chi connectivity index (χ0) is 54.0. The van der Waals surface area contributed by atoms with Gasteiger partial charge in [0.05, 0.1) is 77.1 Å². The number of nitrogens with zero attached hydrogens (tertiary/aromatic N) is 4. The SMILES string of the molecule is CC(=O)CCOCCOCCOCCC(=O)NCCC(=O)Nc1cc(C[n+]2cnc(N)c3c(-c4ccc5c(c4)CCN5C(=O)Cc4cccc(C(F)(F)F)c4)cn(C)c32)ccc1O[C@@H]1O[C@H](C(=O)O)[C@@H](O)[C@H](O)[C@H]1O.[CH3-]. The fourth-order valence-electron chi connectivity index (χ4n) is 8.64. The van der Waals surface area contributed by atoms with E-state index in [9.17, 15) is 57.6 Å². The maximum absolute atomic E-state index is 13.4. The number of carboxylic acid groups (broad SMARTS) is 1. The van der Waals surface area contributed by atoms with Crippen LogP contribution in [0.1, 0.15) is 48.4 Å². The van der Waals surface area contributed by atoms with Crippen LogP contribution in [-0.4, -0.2) is 143 Å². The Labute approximate surface area is 435 Å². The Bertz CT molecular complexity index is 2880. The number of alkyl halides is 3. The van der Waals surface area contributed by atoms with Crippen LogP contribution in [0.2, 0.25) is 0 Å². The van der Waals surface area contributed by atoms with Gasteiger partial charge in [0.1, 0.15) is 35.2 Å². The molecule has 7 rings (SSSR count). The highest BCUT2D eigenvalue weighted by Crippen LogP contribution is 2.38. The van der Waals surface area contributed by atoms with E-state index < -0.39 is 54.3 Å². The molecule has 0 radical (unpaired) electrons. The van der Waals surface area contributed by atoms with E-state index in [2.05, 4.69) is 15.6 Å². The fourth-order valence-corrected chi connectivity index (χ4v) is 8.64. The molecular weight excluding hydrogens is 1000 g/mol. The van der Waals surface area contributed by atoms with E-state index in [1.54, 1.807) is 23.1 Å². The zero-order valence-electron chi connectivity index (χ0n) is 42.1. The molecule has 3 aromatic carbocycles. The van der Waals surface area contributed by atoms with Crippen LogP contribution in [-0.2, 0) is 75.5 Å². The number of anilines is 3. The van der Waals surface area contributed by atoms with Crippen molar-refractivity contribution in [1.82, 2.24) is 14.9 Å². The number of aliphatic hydroxyl groups excluding tert-OH is 3. The van der Waals surface area contributed by atoms with Crippen molar-refractivity contribution in [2.24, 2.45) is 7.05 Å². The number of carbonyl (C=O) groups is 5. The number of hydrogen-bond acceptors (Lipinski definition) is 15. The zero-order valence-corrected chi connectivity index (χ0v) is 42.1. The third kappa shape index (κ3) is 14.7. The van der Waals surface area contributed by atoms with Gasteiger partial charge in [0.25, 0.3) is 0 Å². The maximum Gasteiger partial charge on any atom is 0.416 e. The van der Waals surface area contributed by atoms with Gasteiger partial charge in [-0.05, 0) is 65.9 Å². The van der Waals surface area contributed by atoms with Gasteiger partial charge in [0.15, 0.2) is 6.10 Å². The second-order valence-electron chi connectivity index (χ2n) is 18.0. The number of rotatable bonds is 24. The average Bonchev–Trinajstić information content (AvgIpc) is 3.96. The largest absolute Gasteiger partial charge is 0.479 e. The topological polar surface area (TPSA) is 287 Å². The fraction of sp³-hybridized carbons (Fsp3) is 0.423.